The SMILES string of the molecule is COCCN(CC(=O)N1N=C(c2ccccc2F)C[C@@H]1c1ccc(OC)c(OC)c1)C(=O)c1ccc(C(F)(F)F)cc1. The van der Waals surface area contributed by atoms with E-state index in [0.29, 0.717) is 22.8 Å². The van der Waals surface area contributed by atoms with Crippen LogP contribution in [0.1, 0.15) is 39.5 Å². The molecule has 12 heteroatoms. The number of methoxy groups -OCH3 is 3. The average molecular weight is 588 g/mol. The molecule has 0 radical (unpaired) electrons. The molecule has 2 amide bonds. The number of hydrazone groups is 1. The number of amides is 2. The number of nitrogens with zero attached hydrogens (tertiary/aromatic N) is 3. The largest absolute Gasteiger partial charge is 0.493 e. The van der Waals surface area contributed by atoms with Gasteiger partial charge in [-0.1, -0.05) is 24.3 Å². The van der Waals surface area contributed by atoms with Crippen molar-refractivity contribution >= 4 is 17.5 Å². The molecule has 0 saturated heterocycles. The predicted molar refractivity (Wildman–Crippen MR) is 146 cm³/mol. The quantitative estimate of drug-likeness (QED) is 0.300. The van der Waals surface area contributed by atoms with Crippen molar-refractivity contribution in [3.63, 3.8) is 0 Å². The van der Waals surface area contributed by atoms with Crippen LogP contribution < -0.4 is 9.47 Å². The Hall–Kier alpha value is -4.45. The van der Waals surface area contributed by atoms with E-state index >= 15 is 0 Å². The third-order valence-corrected chi connectivity index (χ3v) is 6.78. The first-order valence-corrected chi connectivity index (χ1v) is 12.9. The van der Waals surface area contributed by atoms with E-state index in [1.165, 1.54) is 37.3 Å². The van der Waals surface area contributed by atoms with Crippen LogP contribution >= 0.6 is 0 Å². The van der Waals surface area contributed by atoms with Gasteiger partial charge in [0.1, 0.15) is 12.4 Å². The lowest BCUT2D eigenvalue weighted by Gasteiger charge is -2.27. The van der Waals surface area contributed by atoms with Gasteiger partial charge < -0.3 is 19.1 Å². The lowest BCUT2D eigenvalue weighted by molar-refractivity contribution is -0.137. The first-order chi connectivity index (χ1) is 20.1. The molecular weight excluding hydrogens is 558 g/mol. The van der Waals surface area contributed by atoms with Crippen molar-refractivity contribution in [1.82, 2.24) is 9.91 Å². The molecule has 1 aliphatic rings. The Labute approximate surface area is 240 Å². The molecule has 1 heterocycles. The Morgan fingerprint density at radius 2 is 1.67 bits per heavy atom. The van der Waals surface area contributed by atoms with Crippen LogP contribution in [0.25, 0.3) is 0 Å². The summed E-state index contributed by atoms with van der Waals surface area (Å²) in [6, 6.07) is 14.2. The van der Waals surface area contributed by atoms with Crippen molar-refractivity contribution in [2.75, 3.05) is 41.0 Å². The predicted octanol–water partition coefficient (Wildman–Crippen LogP) is 5.33. The molecule has 1 aliphatic heterocycles. The maximum Gasteiger partial charge on any atom is 0.416 e. The van der Waals surface area contributed by atoms with Crippen LogP contribution in [-0.2, 0) is 15.7 Å². The highest BCUT2D eigenvalue weighted by Crippen LogP contribution is 2.38. The Kier molecular flexibility index (Phi) is 9.46. The second-order valence-corrected chi connectivity index (χ2v) is 9.39. The van der Waals surface area contributed by atoms with Gasteiger partial charge in [-0.2, -0.15) is 18.3 Å². The highest BCUT2D eigenvalue weighted by molar-refractivity contribution is 6.04. The fraction of sp³-hybridized carbons (Fsp3) is 0.300. The normalized spacial score (nSPS) is 14.9. The minimum Gasteiger partial charge on any atom is -0.493 e. The molecule has 4 rings (SSSR count). The highest BCUT2D eigenvalue weighted by Gasteiger charge is 2.36. The van der Waals surface area contributed by atoms with Crippen molar-refractivity contribution in [3.05, 3.63) is 94.8 Å². The second-order valence-electron chi connectivity index (χ2n) is 9.39. The molecule has 42 heavy (non-hydrogen) atoms. The molecule has 3 aromatic carbocycles. The van der Waals surface area contributed by atoms with Gasteiger partial charge in [0.05, 0.1) is 38.1 Å². The molecule has 0 unspecified atom stereocenters. The van der Waals surface area contributed by atoms with Crippen molar-refractivity contribution in [3.8, 4) is 11.5 Å². The number of halogens is 4. The molecule has 0 saturated carbocycles. The molecule has 0 N–H and O–H groups in total. The summed E-state index contributed by atoms with van der Waals surface area (Å²) in [6.07, 6.45) is -4.39. The Morgan fingerprint density at radius 3 is 2.29 bits per heavy atom. The summed E-state index contributed by atoms with van der Waals surface area (Å²) in [6.45, 7) is -0.398. The summed E-state index contributed by atoms with van der Waals surface area (Å²) in [5.74, 6) is -0.858. The van der Waals surface area contributed by atoms with Crippen molar-refractivity contribution in [1.29, 1.82) is 0 Å². The molecule has 0 aromatic heterocycles. The van der Waals surface area contributed by atoms with Crippen LogP contribution in [0.4, 0.5) is 17.6 Å². The molecule has 1 atom stereocenters. The molecule has 0 aliphatic carbocycles. The van der Waals surface area contributed by atoms with Crippen LogP contribution in [0.2, 0.25) is 0 Å². The van der Waals surface area contributed by atoms with Gasteiger partial charge in [-0.25, -0.2) is 9.40 Å². The van der Waals surface area contributed by atoms with Gasteiger partial charge in [0.2, 0.25) is 0 Å². The smallest absolute Gasteiger partial charge is 0.416 e. The molecule has 0 fully saturated rings. The molecule has 0 bridgehead atoms. The summed E-state index contributed by atoms with van der Waals surface area (Å²) < 4.78 is 69.6. The van der Waals surface area contributed by atoms with Crippen LogP contribution in [0.15, 0.2) is 71.8 Å². The lowest BCUT2D eigenvalue weighted by Crippen LogP contribution is -2.42. The van der Waals surface area contributed by atoms with Gasteiger partial charge >= 0.3 is 6.18 Å². The summed E-state index contributed by atoms with van der Waals surface area (Å²) >= 11 is 0. The van der Waals surface area contributed by atoms with Gasteiger partial charge in [-0.05, 0) is 48.0 Å². The van der Waals surface area contributed by atoms with E-state index in [9.17, 15) is 27.2 Å². The monoisotopic (exact) mass is 587 g/mol. The zero-order valence-electron chi connectivity index (χ0n) is 23.2. The van der Waals surface area contributed by atoms with E-state index in [4.69, 9.17) is 14.2 Å². The molecular formula is C30H29F4N3O5. The Balaban J connectivity index is 1.66. The first kappa shape index (κ1) is 30.5. The van der Waals surface area contributed by atoms with E-state index in [2.05, 4.69) is 5.10 Å². The van der Waals surface area contributed by atoms with Gasteiger partial charge in [0.15, 0.2) is 11.5 Å². The first-order valence-electron chi connectivity index (χ1n) is 12.9. The number of carbonyl (C=O) groups excluding carboxylic acids is 2. The fourth-order valence-electron chi connectivity index (χ4n) is 4.59. The molecule has 0 spiro atoms. The minimum atomic E-state index is -4.56. The summed E-state index contributed by atoms with van der Waals surface area (Å²) in [7, 11) is 4.38. The number of carbonyl (C=O) groups is 2. The highest BCUT2D eigenvalue weighted by atomic mass is 19.4. The lowest BCUT2D eigenvalue weighted by atomic mass is 9.97. The third kappa shape index (κ3) is 6.71. The number of hydrogen-bond donors (Lipinski definition) is 0. The Bertz CT molecular complexity index is 1460. The van der Waals surface area contributed by atoms with Gasteiger partial charge in [-0.15, -0.1) is 0 Å². The number of ether oxygens (including phenoxy) is 3. The maximum absolute atomic E-state index is 14.7. The third-order valence-electron chi connectivity index (χ3n) is 6.78. The minimum absolute atomic E-state index is 0.0130. The van der Waals surface area contributed by atoms with Gasteiger partial charge in [0.25, 0.3) is 11.8 Å². The summed E-state index contributed by atoms with van der Waals surface area (Å²) in [4.78, 5) is 28.2. The molecule has 8 nitrogen and oxygen atoms in total. The van der Waals surface area contributed by atoms with Gasteiger partial charge in [0, 0.05) is 31.2 Å². The van der Waals surface area contributed by atoms with E-state index in [1.807, 2.05) is 0 Å². The second kappa shape index (κ2) is 13.0. The van der Waals surface area contributed by atoms with Crippen molar-refractivity contribution in [2.45, 2.75) is 18.6 Å². The standard InChI is InChI=1S/C30H29F4N3O5/c1-40-15-14-36(29(39)19-8-11-21(12-9-19)30(32,33)34)18-28(38)37-25(20-10-13-26(41-2)27(16-20)42-3)17-24(35-37)22-6-4-5-7-23(22)31/h4-13,16,25H,14-15,17-18H2,1-3H3/t25-/m1/s1. The zero-order chi connectivity index (χ0) is 30.4. The zero-order valence-corrected chi connectivity index (χ0v) is 23.2. The van der Waals surface area contributed by atoms with Crippen LogP contribution in [0, 0.1) is 5.82 Å². The van der Waals surface area contributed by atoms with Crippen LogP contribution in [-0.4, -0.2) is 68.5 Å². The maximum atomic E-state index is 14.7. The van der Waals surface area contributed by atoms with Gasteiger partial charge in [-0.3, -0.25) is 9.59 Å². The summed E-state index contributed by atoms with van der Waals surface area (Å²) in [5.41, 5.74) is 0.270. The van der Waals surface area contributed by atoms with Crippen molar-refractivity contribution in [2.24, 2.45) is 5.10 Å². The van der Waals surface area contributed by atoms with Crippen molar-refractivity contribution < 1.29 is 41.4 Å². The average Bonchev–Trinajstić information content (AvgIpc) is 3.43. The molecule has 3 aromatic rings. The van der Waals surface area contributed by atoms with E-state index in [-0.39, 0.29) is 30.7 Å². The van der Waals surface area contributed by atoms with Crippen LogP contribution in [0.3, 0.4) is 0 Å². The number of alkyl halides is 3. The summed E-state index contributed by atoms with van der Waals surface area (Å²) in [5, 5.41) is 5.67. The number of rotatable bonds is 10. The number of benzene rings is 3. The van der Waals surface area contributed by atoms with E-state index in [0.717, 1.165) is 24.3 Å². The van der Waals surface area contributed by atoms with E-state index < -0.39 is 42.0 Å². The number of hydrogen-bond acceptors (Lipinski definition) is 6. The fourth-order valence-corrected chi connectivity index (χ4v) is 4.59. The Morgan fingerprint density at radius 1 is 0.976 bits per heavy atom. The van der Waals surface area contributed by atoms with E-state index in [1.54, 1.807) is 36.4 Å². The van der Waals surface area contributed by atoms with Crippen LogP contribution in [0.5, 0.6) is 11.5 Å². The molecule has 222 valence electrons. The topological polar surface area (TPSA) is 80.7 Å².